The second-order valence-corrected chi connectivity index (χ2v) is 4.97. The first-order chi connectivity index (χ1) is 8.60. The molecule has 0 aromatic heterocycles. The van der Waals surface area contributed by atoms with E-state index in [0.29, 0.717) is 36.9 Å². The first-order valence-corrected chi connectivity index (χ1v) is 7.09. The zero-order chi connectivity index (χ0) is 13.5. The summed E-state index contributed by atoms with van der Waals surface area (Å²) >= 11 is 9.30. The van der Waals surface area contributed by atoms with Crippen LogP contribution in [0.1, 0.15) is 24.2 Å². The van der Waals surface area contributed by atoms with Gasteiger partial charge >= 0.3 is 0 Å². The van der Waals surface area contributed by atoms with E-state index in [1.54, 1.807) is 23.1 Å². The lowest BCUT2D eigenvalue weighted by atomic mass is 10.2. The third-order valence-electron chi connectivity index (χ3n) is 2.55. The molecule has 0 aliphatic rings. The molecule has 5 heteroatoms. The van der Waals surface area contributed by atoms with Crippen LogP contribution in [0.15, 0.2) is 22.7 Å². The Balaban J connectivity index is 2.73. The van der Waals surface area contributed by atoms with Gasteiger partial charge in [0.05, 0.1) is 11.6 Å². The molecule has 1 rings (SSSR count). The highest BCUT2D eigenvalue weighted by atomic mass is 79.9. The van der Waals surface area contributed by atoms with Crippen LogP contribution in [0.2, 0.25) is 5.02 Å². The minimum atomic E-state index is -0.0217. The van der Waals surface area contributed by atoms with Crippen molar-refractivity contribution in [2.75, 3.05) is 26.3 Å². The van der Waals surface area contributed by atoms with Crippen LogP contribution in [0.25, 0.3) is 0 Å². The molecule has 100 valence electrons. The van der Waals surface area contributed by atoms with Gasteiger partial charge in [-0.3, -0.25) is 4.79 Å². The van der Waals surface area contributed by atoms with E-state index < -0.39 is 0 Å². The third kappa shape index (κ3) is 4.26. The molecule has 18 heavy (non-hydrogen) atoms. The standard InChI is InChI=1S/C13H17BrClNO2/c1-3-16(7-8-18-4-2)13(17)10-5-6-11(14)12(15)9-10/h5-6,9H,3-4,7-8H2,1-2H3. The zero-order valence-corrected chi connectivity index (χ0v) is 12.9. The molecule has 0 heterocycles. The molecular formula is C13H17BrClNO2. The Morgan fingerprint density at radius 1 is 1.44 bits per heavy atom. The fraction of sp³-hybridized carbons (Fsp3) is 0.462. The highest BCUT2D eigenvalue weighted by Gasteiger charge is 2.14. The summed E-state index contributed by atoms with van der Waals surface area (Å²) in [5.74, 6) is -0.0217. The molecule has 0 N–H and O–H groups in total. The van der Waals surface area contributed by atoms with Gasteiger partial charge in [-0.2, -0.15) is 0 Å². The monoisotopic (exact) mass is 333 g/mol. The average Bonchev–Trinajstić information content (AvgIpc) is 2.37. The van der Waals surface area contributed by atoms with Crippen molar-refractivity contribution in [2.45, 2.75) is 13.8 Å². The van der Waals surface area contributed by atoms with Crippen LogP contribution in [0, 0.1) is 0 Å². The molecule has 0 fully saturated rings. The van der Waals surface area contributed by atoms with Gasteiger partial charge in [0.2, 0.25) is 0 Å². The highest BCUT2D eigenvalue weighted by Crippen LogP contribution is 2.23. The summed E-state index contributed by atoms with van der Waals surface area (Å²) < 4.78 is 6.06. The average molecular weight is 335 g/mol. The van der Waals surface area contributed by atoms with Crippen molar-refractivity contribution >= 4 is 33.4 Å². The van der Waals surface area contributed by atoms with E-state index in [1.807, 2.05) is 13.8 Å². The molecule has 0 radical (unpaired) electrons. The number of nitrogens with zero attached hydrogens (tertiary/aromatic N) is 1. The lowest BCUT2D eigenvalue weighted by Crippen LogP contribution is -2.33. The van der Waals surface area contributed by atoms with Crippen molar-refractivity contribution in [1.82, 2.24) is 4.90 Å². The van der Waals surface area contributed by atoms with E-state index in [-0.39, 0.29) is 5.91 Å². The van der Waals surface area contributed by atoms with E-state index in [4.69, 9.17) is 16.3 Å². The number of amides is 1. The Morgan fingerprint density at radius 3 is 2.72 bits per heavy atom. The summed E-state index contributed by atoms with van der Waals surface area (Å²) in [6, 6.07) is 5.23. The smallest absolute Gasteiger partial charge is 0.253 e. The largest absolute Gasteiger partial charge is 0.380 e. The molecule has 1 aromatic rings. The van der Waals surface area contributed by atoms with Crippen molar-refractivity contribution in [1.29, 1.82) is 0 Å². The van der Waals surface area contributed by atoms with Gasteiger partial charge in [0.1, 0.15) is 0 Å². The van der Waals surface area contributed by atoms with E-state index in [0.717, 1.165) is 4.47 Å². The van der Waals surface area contributed by atoms with Crippen LogP contribution in [0.4, 0.5) is 0 Å². The number of halogens is 2. The molecule has 0 saturated heterocycles. The van der Waals surface area contributed by atoms with Crippen molar-refractivity contribution < 1.29 is 9.53 Å². The molecule has 0 spiro atoms. The number of carbonyl (C=O) groups excluding carboxylic acids is 1. The van der Waals surface area contributed by atoms with Gasteiger partial charge in [0, 0.05) is 29.7 Å². The lowest BCUT2D eigenvalue weighted by molar-refractivity contribution is 0.0669. The maximum Gasteiger partial charge on any atom is 0.253 e. The van der Waals surface area contributed by atoms with Gasteiger partial charge < -0.3 is 9.64 Å². The predicted octanol–water partition coefficient (Wildman–Crippen LogP) is 3.60. The fourth-order valence-electron chi connectivity index (χ4n) is 1.53. The van der Waals surface area contributed by atoms with Gasteiger partial charge in [0.15, 0.2) is 0 Å². The minimum absolute atomic E-state index is 0.0217. The van der Waals surface area contributed by atoms with Crippen LogP contribution in [-0.4, -0.2) is 37.1 Å². The number of benzene rings is 1. The molecular weight excluding hydrogens is 318 g/mol. The molecule has 3 nitrogen and oxygen atoms in total. The Bertz CT molecular complexity index is 412. The summed E-state index contributed by atoms with van der Waals surface area (Å²) in [5, 5.41) is 0.543. The third-order valence-corrected chi connectivity index (χ3v) is 3.78. The maximum atomic E-state index is 12.2. The Labute approximate surface area is 121 Å². The molecule has 0 saturated carbocycles. The van der Waals surface area contributed by atoms with E-state index in [9.17, 15) is 4.79 Å². The number of hydrogen-bond donors (Lipinski definition) is 0. The van der Waals surface area contributed by atoms with Crippen LogP contribution in [0.3, 0.4) is 0 Å². The summed E-state index contributed by atoms with van der Waals surface area (Å²) in [6.45, 7) is 6.35. The van der Waals surface area contributed by atoms with Crippen molar-refractivity contribution in [3.05, 3.63) is 33.3 Å². The topological polar surface area (TPSA) is 29.5 Å². The van der Waals surface area contributed by atoms with Crippen molar-refractivity contribution in [3.63, 3.8) is 0 Å². The molecule has 0 atom stereocenters. The number of rotatable bonds is 6. The highest BCUT2D eigenvalue weighted by molar-refractivity contribution is 9.10. The van der Waals surface area contributed by atoms with Gasteiger partial charge in [-0.1, -0.05) is 11.6 Å². The summed E-state index contributed by atoms with van der Waals surface area (Å²) in [5.41, 5.74) is 0.599. The molecule has 0 aliphatic carbocycles. The summed E-state index contributed by atoms with van der Waals surface area (Å²) in [6.07, 6.45) is 0. The molecule has 0 unspecified atom stereocenters. The van der Waals surface area contributed by atoms with Crippen LogP contribution in [0.5, 0.6) is 0 Å². The summed E-state index contributed by atoms with van der Waals surface area (Å²) in [7, 11) is 0. The Hall–Kier alpha value is -0.580. The second kappa shape index (κ2) is 7.77. The maximum absolute atomic E-state index is 12.2. The molecule has 0 bridgehead atoms. The van der Waals surface area contributed by atoms with E-state index in [2.05, 4.69) is 15.9 Å². The molecule has 1 aromatic carbocycles. The number of carbonyl (C=O) groups is 1. The summed E-state index contributed by atoms with van der Waals surface area (Å²) in [4.78, 5) is 14.0. The Kier molecular flexibility index (Phi) is 6.68. The van der Waals surface area contributed by atoms with Gasteiger partial charge in [-0.25, -0.2) is 0 Å². The van der Waals surface area contributed by atoms with Crippen LogP contribution in [-0.2, 0) is 4.74 Å². The van der Waals surface area contributed by atoms with Crippen molar-refractivity contribution in [3.8, 4) is 0 Å². The van der Waals surface area contributed by atoms with Crippen molar-refractivity contribution in [2.24, 2.45) is 0 Å². The quantitative estimate of drug-likeness (QED) is 0.744. The van der Waals surface area contributed by atoms with Crippen LogP contribution >= 0.6 is 27.5 Å². The molecule has 1 amide bonds. The molecule has 0 aliphatic heterocycles. The number of likely N-dealkylation sites (N-methyl/N-ethyl adjacent to an activating group) is 1. The lowest BCUT2D eigenvalue weighted by Gasteiger charge is -2.21. The van der Waals surface area contributed by atoms with Crippen LogP contribution < -0.4 is 0 Å². The predicted molar refractivity (Wildman–Crippen MR) is 77.2 cm³/mol. The first kappa shape index (κ1) is 15.5. The number of hydrogen-bond acceptors (Lipinski definition) is 2. The van der Waals surface area contributed by atoms with E-state index >= 15 is 0 Å². The number of ether oxygens (including phenoxy) is 1. The first-order valence-electron chi connectivity index (χ1n) is 5.92. The Morgan fingerprint density at radius 2 is 2.17 bits per heavy atom. The minimum Gasteiger partial charge on any atom is -0.380 e. The second-order valence-electron chi connectivity index (χ2n) is 3.71. The normalized spacial score (nSPS) is 10.4. The van der Waals surface area contributed by atoms with Gasteiger partial charge in [-0.05, 0) is 48.0 Å². The van der Waals surface area contributed by atoms with Gasteiger partial charge in [-0.15, -0.1) is 0 Å². The fourth-order valence-corrected chi connectivity index (χ4v) is 1.96. The SMILES string of the molecule is CCOCCN(CC)C(=O)c1ccc(Br)c(Cl)c1. The van der Waals surface area contributed by atoms with Gasteiger partial charge in [0.25, 0.3) is 5.91 Å². The zero-order valence-electron chi connectivity index (χ0n) is 10.6. The van der Waals surface area contributed by atoms with E-state index in [1.165, 1.54) is 0 Å².